The Bertz CT molecular complexity index is 917. The summed E-state index contributed by atoms with van der Waals surface area (Å²) in [6.07, 6.45) is 5.27. The third-order valence-corrected chi connectivity index (χ3v) is 4.86. The molecule has 6 N–H and O–H groups in total. The Morgan fingerprint density at radius 1 is 1.17 bits per heavy atom. The van der Waals surface area contributed by atoms with Crippen LogP contribution in [0.15, 0.2) is 41.7 Å². The first kappa shape index (κ1) is 21.0. The number of piperidine rings is 1. The number of hydrogen-bond donors (Lipinski definition) is 4. The summed E-state index contributed by atoms with van der Waals surface area (Å²) in [5, 5.41) is 5.96. The molecule has 10 heteroatoms. The zero-order valence-corrected chi connectivity index (χ0v) is 16.8. The van der Waals surface area contributed by atoms with E-state index in [1.165, 1.54) is 0 Å². The third kappa shape index (κ3) is 5.90. The zero-order valence-electron chi connectivity index (χ0n) is 16.8. The number of urea groups is 1. The standard InChI is InChI=1S/C20H26N8O2/c1-13(29)28-7-5-17(6-8-28)26-19-23-11-16(12-24-19)15-4-2-3-14(9-15)10-25-20(30)27-18(21)22/h2-4,9,11-12,17H,5-8,10H2,1H3,(H,23,24,26)(H5,21,22,25,27,30). The number of carbonyl (C=O) groups is 2. The summed E-state index contributed by atoms with van der Waals surface area (Å²) in [5.74, 6) is 0.407. The van der Waals surface area contributed by atoms with Crippen molar-refractivity contribution in [3.8, 4) is 11.1 Å². The van der Waals surface area contributed by atoms with E-state index in [2.05, 4.69) is 25.6 Å². The van der Waals surface area contributed by atoms with Crippen molar-refractivity contribution in [2.45, 2.75) is 32.4 Å². The molecule has 0 saturated carbocycles. The lowest BCUT2D eigenvalue weighted by Gasteiger charge is -2.31. The summed E-state index contributed by atoms with van der Waals surface area (Å²) >= 11 is 0. The van der Waals surface area contributed by atoms with E-state index in [-0.39, 0.29) is 17.9 Å². The van der Waals surface area contributed by atoms with Crippen molar-refractivity contribution >= 4 is 23.8 Å². The highest BCUT2D eigenvalue weighted by atomic mass is 16.2. The maximum absolute atomic E-state index is 11.5. The fourth-order valence-corrected chi connectivity index (χ4v) is 3.27. The maximum Gasteiger partial charge on any atom is 0.344 e. The van der Waals surface area contributed by atoms with E-state index in [1.54, 1.807) is 19.3 Å². The predicted molar refractivity (Wildman–Crippen MR) is 114 cm³/mol. The minimum Gasteiger partial charge on any atom is -0.370 e. The monoisotopic (exact) mass is 410 g/mol. The number of nitrogens with zero attached hydrogens (tertiary/aromatic N) is 4. The first-order valence-corrected chi connectivity index (χ1v) is 9.71. The Hall–Kier alpha value is -3.69. The maximum atomic E-state index is 11.5. The molecule has 0 atom stereocenters. The summed E-state index contributed by atoms with van der Waals surface area (Å²) in [4.78, 5) is 37.1. The highest BCUT2D eigenvalue weighted by Gasteiger charge is 2.21. The third-order valence-electron chi connectivity index (χ3n) is 4.86. The fourth-order valence-electron chi connectivity index (χ4n) is 3.27. The van der Waals surface area contributed by atoms with Crippen molar-refractivity contribution in [1.29, 1.82) is 0 Å². The zero-order chi connectivity index (χ0) is 21.5. The number of guanidine groups is 1. The van der Waals surface area contributed by atoms with Crippen LogP contribution >= 0.6 is 0 Å². The molecule has 1 aromatic carbocycles. The molecule has 10 nitrogen and oxygen atoms in total. The predicted octanol–water partition coefficient (Wildman–Crippen LogP) is 1.05. The second-order valence-corrected chi connectivity index (χ2v) is 7.12. The van der Waals surface area contributed by atoms with Gasteiger partial charge < -0.3 is 27.0 Å². The molecule has 2 heterocycles. The van der Waals surface area contributed by atoms with Crippen LogP contribution in [0.2, 0.25) is 0 Å². The van der Waals surface area contributed by atoms with E-state index >= 15 is 0 Å². The second-order valence-electron chi connectivity index (χ2n) is 7.12. The quantitative estimate of drug-likeness (QED) is 0.425. The average Bonchev–Trinajstić information content (AvgIpc) is 2.73. The van der Waals surface area contributed by atoms with Gasteiger partial charge in [-0.15, -0.1) is 0 Å². The van der Waals surface area contributed by atoms with Gasteiger partial charge in [-0.3, -0.25) is 4.79 Å². The molecule has 0 radical (unpaired) electrons. The van der Waals surface area contributed by atoms with E-state index in [9.17, 15) is 9.59 Å². The van der Waals surface area contributed by atoms with Gasteiger partial charge in [-0.2, -0.15) is 4.99 Å². The van der Waals surface area contributed by atoms with Crippen molar-refractivity contribution in [2.24, 2.45) is 16.5 Å². The van der Waals surface area contributed by atoms with E-state index in [1.807, 2.05) is 29.2 Å². The molecule has 158 valence electrons. The molecule has 0 unspecified atom stereocenters. The van der Waals surface area contributed by atoms with Crippen molar-refractivity contribution in [1.82, 2.24) is 20.2 Å². The van der Waals surface area contributed by atoms with Crippen molar-refractivity contribution in [3.05, 3.63) is 42.2 Å². The van der Waals surface area contributed by atoms with Crippen LogP contribution in [-0.4, -0.2) is 51.9 Å². The van der Waals surface area contributed by atoms with Gasteiger partial charge in [0.15, 0.2) is 5.96 Å². The number of nitrogens with one attached hydrogen (secondary N) is 2. The molecule has 0 aliphatic carbocycles. The van der Waals surface area contributed by atoms with Crippen LogP contribution < -0.4 is 22.1 Å². The Kier molecular flexibility index (Phi) is 6.79. The molecule has 1 aliphatic rings. The SMILES string of the molecule is CC(=O)N1CCC(Nc2ncc(-c3cccc(CNC(=O)N=C(N)N)c3)cn2)CC1. The van der Waals surface area contributed by atoms with Crippen LogP contribution in [0.4, 0.5) is 10.7 Å². The van der Waals surface area contributed by atoms with Crippen molar-refractivity contribution < 1.29 is 9.59 Å². The van der Waals surface area contributed by atoms with Crippen LogP contribution in [0.25, 0.3) is 11.1 Å². The lowest BCUT2D eigenvalue weighted by molar-refractivity contribution is -0.129. The lowest BCUT2D eigenvalue weighted by atomic mass is 10.1. The number of hydrogen-bond acceptors (Lipinski definition) is 5. The summed E-state index contributed by atoms with van der Waals surface area (Å²) in [5.41, 5.74) is 13.1. The number of carbonyl (C=O) groups excluding carboxylic acids is 2. The number of aliphatic imine (C=N–C) groups is 1. The highest BCUT2D eigenvalue weighted by molar-refractivity contribution is 5.90. The number of anilines is 1. The van der Waals surface area contributed by atoms with Gasteiger partial charge in [-0.05, 0) is 30.0 Å². The largest absolute Gasteiger partial charge is 0.370 e. The first-order chi connectivity index (χ1) is 14.4. The van der Waals surface area contributed by atoms with Crippen molar-refractivity contribution in [2.75, 3.05) is 18.4 Å². The number of likely N-dealkylation sites (tertiary alicyclic amines) is 1. The molecule has 3 amide bonds. The van der Waals surface area contributed by atoms with Gasteiger partial charge >= 0.3 is 6.03 Å². The van der Waals surface area contributed by atoms with Gasteiger partial charge in [-0.25, -0.2) is 14.8 Å². The molecule has 0 bridgehead atoms. The van der Waals surface area contributed by atoms with Crippen LogP contribution in [-0.2, 0) is 11.3 Å². The van der Waals surface area contributed by atoms with E-state index in [0.717, 1.165) is 42.6 Å². The normalized spacial score (nSPS) is 14.1. The molecule has 1 aliphatic heterocycles. The Morgan fingerprint density at radius 3 is 2.50 bits per heavy atom. The molecular formula is C20H26N8O2. The van der Waals surface area contributed by atoms with E-state index in [4.69, 9.17) is 11.5 Å². The molecule has 1 fully saturated rings. The topological polar surface area (TPSA) is 152 Å². The second kappa shape index (κ2) is 9.68. The number of amides is 3. The van der Waals surface area contributed by atoms with E-state index in [0.29, 0.717) is 12.5 Å². The van der Waals surface area contributed by atoms with Gasteiger partial charge in [0.1, 0.15) is 0 Å². The number of aromatic nitrogens is 2. The first-order valence-electron chi connectivity index (χ1n) is 9.71. The van der Waals surface area contributed by atoms with E-state index < -0.39 is 6.03 Å². The summed E-state index contributed by atoms with van der Waals surface area (Å²) in [7, 11) is 0. The summed E-state index contributed by atoms with van der Waals surface area (Å²) < 4.78 is 0. The molecule has 2 aromatic rings. The molecule has 1 aromatic heterocycles. The minimum absolute atomic E-state index is 0.118. The molecule has 3 rings (SSSR count). The van der Waals surface area contributed by atoms with Gasteiger partial charge in [0.05, 0.1) is 0 Å². The van der Waals surface area contributed by atoms with Crippen LogP contribution in [0, 0.1) is 0 Å². The van der Waals surface area contributed by atoms with Crippen molar-refractivity contribution in [3.63, 3.8) is 0 Å². The molecule has 0 spiro atoms. The lowest BCUT2D eigenvalue weighted by Crippen LogP contribution is -2.41. The molecule has 30 heavy (non-hydrogen) atoms. The van der Waals surface area contributed by atoms with Crippen LogP contribution in [0.3, 0.4) is 0 Å². The smallest absolute Gasteiger partial charge is 0.344 e. The number of rotatable bonds is 5. The fraction of sp³-hybridized carbons (Fsp3) is 0.350. The minimum atomic E-state index is -0.590. The average molecular weight is 410 g/mol. The summed E-state index contributed by atoms with van der Waals surface area (Å²) in [6.45, 7) is 3.39. The Balaban J connectivity index is 1.58. The van der Waals surface area contributed by atoms with Crippen LogP contribution in [0.1, 0.15) is 25.3 Å². The van der Waals surface area contributed by atoms with Gasteiger partial charge in [0, 0.05) is 50.6 Å². The molecular weight excluding hydrogens is 384 g/mol. The van der Waals surface area contributed by atoms with Gasteiger partial charge in [0.25, 0.3) is 0 Å². The highest BCUT2D eigenvalue weighted by Crippen LogP contribution is 2.20. The number of benzene rings is 1. The van der Waals surface area contributed by atoms with Crippen LogP contribution in [0.5, 0.6) is 0 Å². The van der Waals surface area contributed by atoms with Gasteiger partial charge in [0.2, 0.25) is 11.9 Å². The Labute approximate surface area is 174 Å². The summed E-state index contributed by atoms with van der Waals surface area (Å²) in [6, 6.07) is 7.34. The molecule has 1 saturated heterocycles. The Morgan fingerprint density at radius 2 is 1.87 bits per heavy atom. The van der Waals surface area contributed by atoms with Gasteiger partial charge in [-0.1, -0.05) is 18.2 Å². The number of nitrogens with two attached hydrogens (primary N) is 2.